The molecule has 1 aromatic heterocycles. The van der Waals surface area contributed by atoms with Crippen LogP contribution in [-0.2, 0) is 5.75 Å². The van der Waals surface area contributed by atoms with Crippen LogP contribution >= 0.6 is 23.4 Å². The number of halogens is 1. The maximum absolute atomic E-state index is 8.89. The average Bonchev–Trinajstić information content (AvgIpc) is 2.38. The summed E-state index contributed by atoms with van der Waals surface area (Å²) >= 11 is 7.30. The highest BCUT2D eigenvalue weighted by molar-refractivity contribution is 7.98. The van der Waals surface area contributed by atoms with Crippen molar-refractivity contribution in [3.05, 3.63) is 46.1 Å². The SMILES string of the molecule is Cc1nc(SCc2ccc(Cl)cc2)nc(N)c1C#N. The summed E-state index contributed by atoms with van der Waals surface area (Å²) in [7, 11) is 0. The number of hydrogen-bond donors (Lipinski definition) is 1. The number of nitrogens with zero attached hydrogens (tertiary/aromatic N) is 3. The van der Waals surface area contributed by atoms with Crippen LogP contribution in [-0.4, -0.2) is 9.97 Å². The fraction of sp³-hybridized carbons (Fsp3) is 0.154. The predicted molar refractivity (Wildman–Crippen MR) is 76.9 cm³/mol. The van der Waals surface area contributed by atoms with Gasteiger partial charge in [0.2, 0.25) is 0 Å². The van der Waals surface area contributed by atoms with Gasteiger partial charge in [-0.1, -0.05) is 35.5 Å². The summed E-state index contributed by atoms with van der Waals surface area (Å²) in [4.78, 5) is 8.38. The van der Waals surface area contributed by atoms with Crippen molar-refractivity contribution in [2.24, 2.45) is 0 Å². The lowest BCUT2D eigenvalue weighted by atomic mass is 10.2. The molecule has 0 fully saturated rings. The van der Waals surface area contributed by atoms with Gasteiger partial charge in [-0.25, -0.2) is 9.97 Å². The van der Waals surface area contributed by atoms with Crippen LogP contribution in [0.25, 0.3) is 0 Å². The number of nitrogens with two attached hydrogens (primary N) is 1. The molecule has 0 aliphatic rings. The highest BCUT2D eigenvalue weighted by Gasteiger charge is 2.09. The number of thioether (sulfide) groups is 1. The van der Waals surface area contributed by atoms with Crippen molar-refractivity contribution in [2.45, 2.75) is 17.8 Å². The second-order valence-corrected chi connectivity index (χ2v) is 5.26. The van der Waals surface area contributed by atoms with Gasteiger partial charge in [0.1, 0.15) is 17.5 Å². The molecule has 0 unspecified atom stereocenters. The molecule has 2 rings (SSSR count). The van der Waals surface area contributed by atoms with Crippen molar-refractivity contribution in [3.8, 4) is 6.07 Å². The zero-order valence-electron chi connectivity index (χ0n) is 10.2. The molecule has 1 heterocycles. The van der Waals surface area contributed by atoms with Crippen molar-refractivity contribution in [2.75, 3.05) is 5.73 Å². The maximum Gasteiger partial charge on any atom is 0.190 e. The molecular weight excluding hydrogens is 280 g/mol. The van der Waals surface area contributed by atoms with Gasteiger partial charge in [-0.05, 0) is 24.6 Å². The Morgan fingerprint density at radius 3 is 2.58 bits per heavy atom. The number of nitrogen functional groups attached to an aromatic ring is 1. The number of nitriles is 1. The topological polar surface area (TPSA) is 75.6 Å². The first-order valence-electron chi connectivity index (χ1n) is 5.51. The second-order valence-electron chi connectivity index (χ2n) is 3.88. The van der Waals surface area contributed by atoms with Gasteiger partial charge in [0.15, 0.2) is 5.16 Å². The number of anilines is 1. The number of hydrogen-bond acceptors (Lipinski definition) is 5. The van der Waals surface area contributed by atoms with E-state index < -0.39 is 0 Å². The minimum absolute atomic E-state index is 0.230. The van der Waals surface area contributed by atoms with Crippen LogP contribution in [0.1, 0.15) is 16.8 Å². The quantitative estimate of drug-likeness (QED) is 0.694. The molecule has 0 aliphatic heterocycles. The highest BCUT2D eigenvalue weighted by Crippen LogP contribution is 2.23. The molecule has 0 bridgehead atoms. The molecule has 0 aliphatic carbocycles. The van der Waals surface area contributed by atoms with Gasteiger partial charge in [0.05, 0.1) is 5.69 Å². The van der Waals surface area contributed by atoms with Crippen molar-refractivity contribution in [1.82, 2.24) is 9.97 Å². The van der Waals surface area contributed by atoms with Crippen molar-refractivity contribution in [3.63, 3.8) is 0 Å². The molecule has 0 spiro atoms. The fourth-order valence-corrected chi connectivity index (χ4v) is 2.48. The summed E-state index contributed by atoms with van der Waals surface area (Å²) in [6.07, 6.45) is 0. The van der Waals surface area contributed by atoms with E-state index in [9.17, 15) is 0 Å². The number of rotatable bonds is 3. The number of aryl methyl sites for hydroxylation is 1. The van der Waals surface area contributed by atoms with E-state index in [-0.39, 0.29) is 5.82 Å². The van der Waals surface area contributed by atoms with Crippen LogP contribution in [0, 0.1) is 18.3 Å². The second kappa shape index (κ2) is 5.91. The first-order chi connectivity index (χ1) is 9.10. The third kappa shape index (κ3) is 3.37. The van der Waals surface area contributed by atoms with E-state index in [1.54, 1.807) is 6.92 Å². The first-order valence-corrected chi connectivity index (χ1v) is 6.88. The van der Waals surface area contributed by atoms with E-state index >= 15 is 0 Å². The Kier molecular flexibility index (Phi) is 4.25. The minimum atomic E-state index is 0.230. The van der Waals surface area contributed by atoms with Crippen molar-refractivity contribution in [1.29, 1.82) is 5.26 Å². The molecule has 1 aromatic carbocycles. The maximum atomic E-state index is 8.89. The molecule has 4 nitrogen and oxygen atoms in total. The molecule has 0 saturated heterocycles. The Balaban J connectivity index is 2.12. The molecule has 0 radical (unpaired) electrons. The summed E-state index contributed by atoms with van der Waals surface area (Å²) in [6.45, 7) is 1.75. The molecule has 0 saturated carbocycles. The van der Waals surface area contributed by atoms with Crippen molar-refractivity contribution >= 4 is 29.2 Å². The van der Waals surface area contributed by atoms with E-state index in [4.69, 9.17) is 22.6 Å². The molecule has 2 N–H and O–H groups in total. The van der Waals surface area contributed by atoms with Gasteiger partial charge >= 0.3 is 0 Å². The van der Waals surface area contributed by atoms with Crippen LogP contribution in [0.5, 0.6) is 0 Å². The Bertz CT molecular complexity index is 611. The predicted octanol–water partition coefficient (Wildman–Crippen LogP) is 3.18. The average molecular weight is 291 g/mol. The van der Waals surface area contributed by atoms with Gasteiger partial charge in [-0.2, -0.15) is 5.26 Å². The monoisotopic (exact) mass is 290 g/mol. The van der Waals surface area contributed by atoms with E-state index in [2.05, 4.69) is 9.97 Å². The summed E-state index contributed by atoms with van der Waals surface area (Å²) in [5.41, 5.74) is 7.79. The van der Waals surface area contributed by atoms with Crippen LogP contribution in [0.15, 0.2) is 29.4 Å². The standard InChI is InChI=1S/C13H11ClN4S/c1-8-11(6-15)12(16)18-13(17-8)19-7-9-2-4-10(14)5-3-9/h2-5H,7H2,1H3,(H2,16,17,18). The number of aromatic nitrogens is 2. The Morgan fingerprint density at radius 2 is 2.00 bits per heavy atom. The normalized spacial score (nSPS) is 10.2. The lowest BCUT2D eigenvalue weighted by Crippen LogP contribution is -2.02. The highest BCUT2D eigenvalue weighted by atomic mass is 35.5. The molecular formula is C13H11ClN4S. The Labute approximate surface area is 120 Å². The van der Waals surface area contributed by atoms with E-state index in [1.165, 1.54) is 11.8 Å². The lowest BCUT2D eigenvalue weighted by molar-refractivity contribution is 0.932. The van der Waals surface area contributed by atoms with Crippen molar-refractivity contribution < 1.29 is 0 Å². The van der Waals surface area contributed by atoms with E-state index in [0.29, 0.717) is 21.4 Å². The van der Waals surface area contributed by atoms with Gasteiger partial charge in [-0.15, -0.1) is 0 Å². The van der Waals surface area contributed by atoms with Crippen LogP contribution in [0.2, 0.25) is 5.02 Å². The summed E-state index contributed by atoms with van der Waals surface area (Å²) in [5, 5.41) is 10.2. The largest absolute Gasteiger partial charge is 0.382 e. The van der Waals surface area contributed by atoms with E-state index in [0.717, 1.165) is 11.3 Å². The molecule has 19 heavy (non-hydrogen) atoms. The van der Waals surface area contributed by atoms with Gasteiger partial charge in [0, 0.05) is 10.8 Å². The zero-order valence-corrected chi connectivity index (χ0v) is 11.8. The third-order valence-electron chi connectivity index (χ3n) is 2.49. The lowest BCUT2D eigenvalue weighted by Gasteiger charge is -2.05. The molecule has 0 atom stereocenters. The summed E-state index contributed by atoms with van der Waals surface area (Å²) < 4.78 is 0. The Hall–Kier alpha value is -1.77. The first kappa shape index (κ1) is 13.7. The minimum Gasteiger partial charge on any atom is -0.382 e. The van der Waals surface area contributed by atoms with Gasteiger partial charge in [0.25, 0.3) is 0 Å². The van der Waals surface area contributed by atoms with Gasteiger partial charge in [-0.3, -0.25) is 0 Å². The van der Waals surface area contributed by atoms with Crippen LogP contribution in [0.4, 0.5) is 5.82 Å². The fourth-order valence-electron chi connectivity index (χ4n) is 1.50. The van der Waals surface area contributed by atoms with Crippen LogP contribution in [0.3, 0.4) is 0 Å². The molecule has 96 valence electrons. The molecule has 2 aromatic rings. The zero-order chi connectivity index (χ0) is 13.8. The Morgan fingerprint density at radius 1 is 1.32 bits per heavy atom. The molecule has 0 amide bonds. The van der Waals surface area contributed by atoms with E-state index in [1.807, 2.05) is 30.3 Å². The smallest absolute Gasteiger partial charge is 0.190 e. The van der Waals surface area contributed by atoms with Crippen LogP contribution < -0.4 is 5.73 Å². The third-order valence-corrected chi connectivity index (χ3v) is 3.66. The summed E-state index contributed by atoms with van der Waals surface area (Å²) in [5.74, 6) is 0.954. The number of benzene rings is 1. The van der Waals surface area contributed by atoms with Gasteiger partial charge < -0.3 is 5.73 Å². The summed E-state index contributed by atoms with van der Waals surface area (Å²) in [6, 6.07) is 9.59. The molecule has 6 heteroatoms.